The Labute approximate surface area is 196 Å². The van der Waals surface area contributed by atoms with Gasteiger partial charge in [0.25, 0.3) is 0 Å². The van der Waals surface area contributed by atoms with E-state index in [-0.39, 0.29) is 28.6 Å². The first-order valence-corrected chi connectivity index (χ1v) is 12.6. The monoisotopic (exact) mass is 454 g/mol. The predicted molar refractivity (Wildman–Crippen MR) is 127 cm³/mol. The van der Waals surface area contributed by atoms with Crippen LogP contribution in [-0.2, 0) is 16.1 Å². The van der Waals surface area contributed by atoms with Crippen molar-refractivity contribution < 1.29 is 9.59 Å². The fourth-order valence-corrected chi connectivity index (χ4v) is 8.34. The number of carbonyl (C=O) groups is 2. The molecule has 4 aliphatic rings. The Morgan fingerprint density at radius 2 is 1.97 bits per heavy atom. The molecule has 1 heterocycles. The average Bonchev–Trinajstić information content (AvgIpc) is 3.12. The minimum atomic E-state index is 0.0554. The number of benzene rings is 1. The van der Waals surface area contributed by atoms with Crippen molar-refractivity contribution in [1.82, 2.24) is 10.2 Å². The van der Waals surface area contributed by atoms with Crippen LogP contribution in [0.25, 0.3) is 0 Å². The van der Waals surface area contributed by atoms with Gasteiger partial charge in [-0.25, -0.2) is 0 Å². The van der Waals surface area contributed by atoms with Gasteiger partial charge in [-0.3, -0.25) is 9.59 Å². The van der Waals surface area contributed by atoms with E-state index in [9.17, 15) is 9.59 Å². The number of halogens is 1. The van der Waals surface area contributed by atoms with E-state index in [0.29, 0.717) is 35.4 Å². The number of fused-ring (bicyclic) bond motifs is 5. The second kappa shape index (κ2) is 7.90. The van der Waals surface area contributed by atoms with Crippen LogP contribution in [-0.4, -0.2) is 29.8 Å². The van der Waals surface area contributed by atoms with E-state index in [4.69, 9.17) is 11.6 Å². The van der Waals surface area contributed by atoms with E-state index < -0.39 is 0 Å². The fourth-order valence-electron chi connectivity index (χ4n) is 8.13. The lowest BCUT2D eigenvalue weighted by atomic mass is 9.47. The van der Waals surface area contributed by atoms with Crippen molar-refractivity contribution >= 4 is 23.4 Å². The third kappa shape index (κ3) is 3.32. The number of nitrogens with zero attached hydrogens (tertiary/aromatic N) is 1. The van der Waals surface area contributed by atoms with Crippen LogP contribution in [0.4, 0.5) is 0 Å². The molecular weight excluding hydrogens is 420 g/mol. The van der Waals surface area contributed by atoms with Crippen molar-refractivity contribution in [2.24, 2.45) is 34.5 Å². The molecule has 2 amide bonds. The lowest BCUT2D eigenvalue weighted by Gasteiger charge is -2.60. The maximum absolute atomic E-state index is 13.3. The van der Waals surface area contributed by atoms with Crippen molar-refractivity contribution in [2.45, 2.75) is 65.0 Å². The zero-order valence-electron chi connectivity index (χ0n) is 19.4. The standard InChI is InChI=1S/C27H35ClN2O2/c1-26-13-11-21-19(7-10-23-27(21,2)14-12-24(31)30(23)3)20(26)8-9-22(26)25(32)29-16-17-5-4-6-18(28)15-17/h4-6,12,14-15,19-23H,7-11,13,16H2,1-3H3,(H,29,32)/t19-,20-,21+,22?,23?,26-,27+/m0/s1. The first-order valence-electron chi connectivity index (χ1n) is 12.2. The molecule has 32 heavy (non-hydrogen) atoms. The van der Waals surface area contributed by atoms with Crippen LogP contribution in [0.5, 0.6) is 0 Å². The van der Waals surface area contributed by atoms with Crippen LogP contribution in [0, 0.1) is 34.5 Å². The normalized spacial score (nSPS) is 40.4. The lowest BCUT2D eigenvalue weighted by Crippen LogP contribution is -2.59. The van der Waals surface area contributed by atoms with Crippen LogP contribution in [0.2, 0.25) is 5.02 Å². The number of hydrogen-bond donors (Lipinski definition) is 1. The molecule has 0 aromatic heterocycles. The first-order chi connectivity index (χ1) is 15.2. The average molecular weight is 455 g/mol. The first kappa shape index (κ1) is 22.0. The molecule has 7 atom stereocenters. The molecule has 3 aliphatic carbocycles. The van der Waals surface area contributed by atoms with Gasteiger partial charge in [-0.05, 0) is 85.5 Å². The maximum atomic E-state index is 13.3. The molecule has 0 radical (unpaired) electrons. The minimum Gasteiger partial charge on any atom is -0.352 e. The van der Waals surface area contributed by atoms with E-state index in [1.165, 1.54) is 6.42 Å². The van der Waals surface area contributed by atoms with Crippen LogP contribution in [0.1, 0.15) is 57.9 Å². The van der Waals surface area contributed by atoms with Crippen molar-refractivity contribution in [3.8, 4) is 0 Å². The van der Waals surface area contributed by atoms with Crippen LogP contribution < -0.4 is 5.32 Å². The Morgan fingerprint density at radius 3 is 2.75 bits per heavy atom. The third-order valence-corrected chi connectivity index (χ3v) is 10.0. The van der Waals surface area contributed by atoms with E-state index >= 15 is 0 Å². The quantitative estimate of drug-likeness (QED) is 0.681. The maximum Gasteiger partial charge on any atom is 0.246 e. The highest BCUT2D eigenvalue weighted by Gasteiger charge is 2.61. The van der Waals surface area contributed by atoms with Crippen molar-refractivity contribution in [2.75, 3.05) is 7.05 Å². The van der Waals surface area contributed by atoms with Gasteiger partial charge in [0.05, 0.1) is 0 Å². The second-order valence-electron chi connectivity index (χ2n) is 11.1. The summed E-state index contributed by atoms with van der Waals surface area (Å²) in [7, 11) is 1.97. The Kier molecular flexibility index (Phi) is 5.43. The molecule has 1 N–H and O–H groups in total. The Balaban J connectivity index is 1.32. The highest BCUT2D eigenvalue weighted by atomic mass is 35.5. The summed E-state index contributed by atoms with van der Waals surface area (Å²) in [5, 5.41) is 3.91. The smallest absolute Gasteiger partial charge is 0.246 e. The SMILES string of the molecule is CN1C(=O)C=C[C@@]2(C)C1CC[C@@H]1[C@H]2CC[C@]2(C)C(C(=O)NCc3cccc(Cl)c3)CC[C@@H]12. The molecule has 0 saturated heterocycles. The summed E-state index contributed by atoms with van der Waals surface area (Å²) >= 11 is 6.10. The number of nitrogens with one attached hydrogen (secondary N) is 1. The lowest BCUT2D eigenvalue weighted by molar-refractivity contribution is -0.142. The van der Waals surface area contributed by atoms with Crippen molar-refractivity contribution in [3.05, 3.63) is 47.0 Å². The summed E-state index contributed by atoms with van der Waals surface area (Å²) in [6, 6.07) is 8.03. The molecule has 1 aromatic rings. The number of hydrogen-bond acceptors (Lipinski definition) is 2. The van der Waals surface area contributed by atoms with Crippen LogP contribution in [0.3, 0.4) is 0 Å². The van der Waals surface area contributed by atoms with Gasteiger partial charge in [0.15, 0.2) is 0 Å². The van der Waals surface area contributed by atoms with Gasteiger partial charge >= 0.3 is 0 Å². The van der Waals surface area contributed by atoms with E-state index in [1.54, 1.807) is 6.08 Å². The Bertz CT molecular complexity index is 961. The molecule has 3 fully saturated rings. The van der Waals surface area contributed by atoms with Gasteiger partial charge < -0.3 is 10.2 Å². The molecule has 1 aromatic carbocycles. The molecule has 1 aliphatic heterocycles. The van der Waals surface area contributed by atoms with Gasteiger partial charge in [-0.1, -0.05) is 43.7 Å². The van der Waals surface area contributed by atoms with Gasteiger partial charge in [-0.2, -0.15) is 0 Å². The van der Waals surface area contributed by atoms with Crippen molar-refractivity contribution in [1.29, 1.82) is 0 Å². The van der Waals surface area contributed by atoms with Gasteiger partial charge in [0.2, 0.25) is 11.8 Å². The van der Waals surface area contributed by atoms with Gasteiger partial charge in [0.1, 0.15) is 0 Å². The number of likely N-dealkylation sites (N-methyl/N-ethyl adjacent to an activating group) is 1. The topological polar surface area (TPSA) is 49.4 Å². The molecule has 0 spiro atoms. The van der Waals surface area contributed by atoms with E-state index in [1.807, 2.05) is 36.2 Å². The number of rotatable bonds is 3. The van der Waals surface area contributed by atoms with E-state index in [0.717, 1.165) is 37.7 Å². The summed E-state index contributed by atoms with van der Waals surface area (Å²) in [5.41, 5.74) is 1.17. The number of carbonyl (C=O) groups excluding carboxylic acids is 2. The zero-order valence-corrected chi connectivity index (χ0v) is 20.2. The van der Waals surface area contributed by atoms with Crippen LogP contribution in [0.15, 0.2) is 36.4 Å². The Hall–Kier alpha value is -1.81. The molecule has 0 bridgehead atoms. The molecule has 3 saturated carbocycles. The van der Waals surface area contributed by atoms with Gasteiger partial charge in [-0.15, -0.1) is 0 Å². The molecular formula is C27H35ClN2O2. The van der Waals surface area contributed by atoms with Crippen LogP contribution >= 0.6 is 11.6 Å². The fraction of sp³-hybridized carbons (Fsp3) is 0.630. The summed E-state index contributed by atoms with van der Waals surface area (Å²) in [6.45, 7) is 5.29. The summed E-state index contributed by atoms with van der Waals surface area (Å²) in [4.78, 5) is 27.5. The molecule has 4 nitrogen and oxygen atoms in total. The van der Waals surface area contributed by atoms with E-state index in [2.05, 4.69) is 25.2 Å². The molecule has 5 rings (SSSR count). The molecule has 2 unspecified atom stereocenters. The van der Waals surface area contributed by atoms with Crippen molar-refractivity contribution in [3.63, 3.8) is 0 Å². The number of amides is 2. The minimum absolute atomic E-state index is 0.0554. The second-order valence-corrected chi connectivity index (χ2v) is 11.6. The summed E-state index contributed by atoms with van der Waals surface area (Å²) in [5.74, 6) is 2.27. The van der Waals surface area contributed by atoms with Gasteiger partial charge in [0, 0.05) is 36.0 Å². The molecule has 172 valence electrons. The zero-order chi connectivity index (χ0) is 22.7. The summed E-state index contributed by atoms with van der Waals surface area (Å²) in [6.07, 6.45) is 10.6. The summed E-state index contributed by atoms with van der Waals surface area (Å²) < 4.78 is 0. The largest absolute Gasteiger partial charge is 0.352 e. The third-order valence-electron chi connectivity index (χ3n) is 9.80. The highest BCUT2D eigenvalue weighted by Crippen LogP contribution is 2.65. The molecule has 5 heteroatoms. The predicted octanol–water partition coefficient (Wildman–Crippen LogP) is 5.21. The Morgan fingerprint density at radius 1 is 1.16 bits per heavy atom. The highest BCUT2D eigenvalue weighted by molar-refractivity contribution is 6.30.